The highest BCUT2D eigenvalue weighted by Gasteiger charge is 2.39. The van der Waals surface area contributed by atoms with Crippen molar-refractivity contribution in [3.05, 3.63) is 0 Å². The molecule has 0 aromatic rings. The van der Waals surface area contributed by atoms with Crippen molar-refractivity contribution in [1.29, 1.82) is 0 Å². The molecule has 0 amide bonds. The molecular formula is C17H33N3. The van der Waals surface area contributed by atoms with E-state index in [1.807, 2.05) is 0 Å². The van der Waals surface area contributed by atoms with E-state index in [0.717, 1.165) is 24.0 Å². The lowest BCUT2D eigenvalue weighted by molar-refractivity contribution is 0.0982. The predicted molar refractivity (Wildman–Crippen MR) is 85.1 cm³/mol. The van der Waals surface area contributed by atoms with Crippen molar-refractivity contribution in [3.63, 3.8) is 0 Å². The third-order valence-electron chi connectivity index (χ3n) is 5.51. The van der Waals surface area contributed by atoms with Gasteiger partial charge >= 0.3 is 0 Å². The summed E-state index contributed by atoms with van der Waals surface area (Å²) in [4.78, 5) is 5.63. The van der Waals surface area contributed by atoms with Gasteiger partial charge in [0.1, 0.15) is 0 Å². The molecule has 3 aliphatic rings. The van der Waals surface area contributed by atoms with E-state index in [2.05, 4.69) is 29.0 Å². The zero-order valence-corrected chi connectivity index (χ0v) is 13.5. The molecule has 3 nitrogen and oxygen atoms in total. The Morgan fingerprint density at radius 2 is 2.00 bits per heavy atom. The van der Waals surface area contributed by atoms with E-state index in [0.29, 0.717) is 0 Å². The second-order valence-corrected chi connectivity index (χ2v) is 7.60. The molecular weight excluding hydrogens is 246 g/mol. The highest BCUT2D eigenvalue weighted by atomic mass is 15.3. The molecule has 0 saturated carbocycles. The molecule has 0 spiro atoms. The highest BCUT2D eigenvalue weighted by Crippen LogP contribution is 2.31. The molecule has 3 fully saturated rings. The standard InChI is InChI=1S/C17H33N3/c1-14(2)12-20(13-15-6-5-9-18-15)17-8-11-19-10-4-3-7-16(17)19/h14-18H,3-13H2,1-2H3. The molecule has 116 valence electrons. The molecule has 0 aliphatic carbocycles. The van der Waals surface area contributed by atoms with Crippen LogP contribution in [0.4, 0.5) is 0 Å². The van der Waals surface area contributed by atoms with Crippen LogP contribution in [-0.2, 0) is 0 Å². The van der Waals surface area contributed by atoms with Crippen LogP contribution < -0.4 is 5.32 Å². The molecule has 1 N–H and O–H groups in total. The van der Waals surface area contributed by atoms with E-state index in [-0.39, 0.29) is 0 Å². The summed E-state index contributed by atoms with van der Waals surface area (Å²) in [7, 11) is 0. The summed E-state index contributed by atoms with van der Waals surface area (Å²) in [5.74, 6) is 0.786. The molecule has 3 aliphatic heterocycles. The van der Waals surface area contributed by atoms with Gasteiger partial charge < -0.3 is 5.32 Å². The molecule has 3 heteroatoms. The van der Waals surface area contributed by atoms with Gasteiger partial charge in [-0.3, -0.25) is 9.80 Å². The molecule has 0 aromatic carbocycles. The van der Waals surface area contributed by atoms with Crippen LogP contribution in [0.2, 0.25) is 0 Å². The van der Waals surface area contributed by atoms with Gasteiger partial charge in [-0.1, -0.05) is 20.3 Å². The Morgan fingerprint density at radius 1 is 1.10 bits per heavy atom. The van der Waals surface area contributed by atoms with E-state index in [1.54, 1.807) is 0 Å². The second kappa shape index (κ2) is 6.76. The molecule has 3 heterocycles. The fourth-order valence-corrected chi connectivity index (χ4v) is 4.66. The van der Waals surface area contributed by atoms with Gasteiger partial charge in [0.25, 0.3) is 0 Å². The lowest BCUT2D eigenvalue weighted by Crippen LogP contribution is -2.51. The Kier molecular flexibility index (Phi) is 5.00. The van der Waals surface area contributed by atoms with Gasteiger partial charge in [0.15, 0.2) is 0 Å². The molecule has 3 unspecified atom stereocenters. The van der Waals surface area contributed by atoms with Crippen molar-refractivity contribution in [1.82, 2.24) is 15.1 Å². The third kappa shape index (κ3) is 3.37. The minimum atomic E-state index is 0.756. The number of rotatable bonds is 5. The van der Waals surface area contributed by atoms with E-state index < -0.39 is 0 Å². The Morgan fingerprint density at radius 3 is 2.75 bits per heavy atom. The van der Waals surface area contributed by atoms with Crippen molar-refractivity contribution in [2.24, 2.45) is 5.92 Å². The first kappa shape index (κ1) is 14.8. The lowest BCUT2D eigenvalue weighted by atomic mass is 9.96. The van der Waals surface area contributed by atoms with Crippen LogP contribution in [-0.4, -0.2) is 60.6 Å². The van der Waals surface area contributed by atoms with Gasteiger partial charge in [0.05, 0.1) is 0 Å². The molecule has 20 heavy (non-hydrogen) atoms. The number of fused-ring (bicyclic) bond motifs is 1. The zero-order chi connectivity index (χ0) is 13.9. The van der Waals surface area contributed by atoms with Gasteiger partial charge in [-0.2, -0.15) is 0 Å². The fourth-order valence-electron chi connectivity index (χ4n) is 4.66. The van der Waals surface area contributed by atoms with Gasteiger partial charge in [0, 0.05) is 37.8 Å². The van der Waals surface area contributed by atoms with E-state index in [1.165, 1.54) is 71.2 Å². The first-order valence-corrected chi connectivity index (χ1v) is 8.95. The zero-order valence-electron chi connectivity index (χ0n) is 13.5. The first-order valence-electron chi connectivity index (χ1n) is 8.95. The minimum absolute atomic E-state index is 0.756. The second-order valence-electron chi connectivity index (χ2n) is 7.60. The molecule has 0 radical (unpaired) electrons. The van der Waals surface area contributed by atoms with Crippen molar-refractivity contribution in [2.75, 3.05) is 32.7 Å². The average Bonchev–Trinajstić information content (AvgIpc) is 3.05. The van der Waals surface area contributed by atoms with Crippen molar-refractivity contribution in [3.8, 4) is 0 Å². The summed E-state index contributed by atoms with van der Waals surface area (Å²) in [5.41, 5.74) is 0. The molecule has 3 saturated heterocycles. The van der Waals surface area contributed by atoms with Crippen LogP contribution in [0, 0.1) is 5.92 Å². The van der Waals surface area contributed by atoms with E-state index >= 15 is 0 Å². The number of hydrogen-bond donors (Lipinski definition) is 1. The number of piperidine rings is 1. The summed E-state index contributed by atoms with van der Waals surface area (Å²) >= 11 is 0. The molecule has 0 bridgehead atoms. The van der Waals surface area contributed by atoms with Crippen LogP contribution in [0.1, 0.15) is 52.4 Å². The SMILES string of the molecule is CC(C)CN(CC1CCCN1)C1CCN2CCCCC12. The first-order chi connectivity index (χ1) is 9.74. The lowest BCUT2D eigenvalue weighted by Gasteiger charge is -2.39. The number of hydrogen-bond acceptors (Lipinski definition) is 3. The van der Waals surface area contributed by atoms with Crippen molar-refractivity contribution < 1.29 is 0 Å². The number of nitrogens with one attached hydrogen (secondary N) is 1. The van der Waals surface area contributed by atoms with Crippen LogP contribution in [0.15, 0.2) is 0 Å². The maximum atomic E-state index is 3.70. The molecule has 0 aromatic heterocycles. The maximum absolute atomic E-state index is 3.70. The van der Waals surface area contributed by atoms with Crippen LogP contribution >= 0.6 is 0 Å². The van der Waals surface area contributed by atoms with Gasteiger partial charge in [-0.05, 0) is 51.1 Å². The number of nitrogens with zero attached hydrogens (tertiary/aromatic N) is 2. The van der Waals surface area contributed by atoms with Crippen LogP contribution in [0.3, 0.4) is 0 Å². The third-order valence-corrected chi connectivity index (χ3v) is 5.51. The Balaban J connectivity index is 1.64. The quantitative estimate of drug-likeness (QED) is 0.833. The van der Waals surface area contributed by atoms with E-state index in [4.69, 9.17) is 0 Å². The van der Waals surface area contributed by atoms with Gasteiger partial charge in [0.2, 0.25) is 0 Å². The average molecular weight is 279 g/mol. The summed E-state index contributed by atoms with van der Waals surface area (Å²) in [6, 6.07) is 2.45. The monoisotopic (exact) mass is 279 g/mol. The summed E-state index contributed by atoms with van der Waals surface area (Å²) in [6.45, 7) is 11.3. The van der Waals surface area contributed by atoms with Crippen LogP contribution in [0.5, 0.6) is 0 Å². The van der Waals surface area contributed by atoms with Crippen molar-refractivity contribution in [2.45, 2.75) is 70.5 Å². The Labute approximate surface area is 125 Å². The summed E-state index contributed by atoms with van der Waals surface area (Å²) in [6.07, 6.45) is 8.49. The fraction of sp³-hybridized carbons (Fsp3) is 1.00. The predicted octanol–water partition coefficient (Wildman–Crippen LogP) is 2.32. The van der Waals surface area contributed by atoms with Crippen LogP contribution in [0.25, 0.3) is 0 Å². The highest BCUT2D eigenvalue weighted by molar-refractivity contribution is 4.96. The van der Waals surface area contributed by atoms with Gasteiger partial charge in [-0.15, -0.1) is 0 Å². The minimum Gasteiger partial charge on any atom is -0.313 e. The summed E-state index contributed by atoms with van der Waals surface area (Å²) in [5, 5.41) is 3.70. The Hall–Kier alpha value is -0.120. The molecule has 3 rings (SSSR count). The molecule has 3 atom stereocenters. The van der Waals surface area contributed by atoms with Crippen molar-refractivity contribution >= 4 is 0 Å². The topological polar surface area (TPSA) is 18.5 Å². The largest absolute Gasteiger partial charge is 0.313 e. The Bertz CT molecular complexity index is 299. The van der Waals surface area contributed by atoms with E-state index in [9.17, 15) is 0 Å². The van der Waals surface area contributed by atoms with Gasteiger partial charge in [-0.25, -0.2) is 0 Å². The smallest absolute Gasteiger partial charge is 0.0264 e. The normalized spacial score (nSPS) is 35.1. The summed E-state index contributed by atoms with van der Waals surface area (Å²) < 4.78 is 0. The maximum Gasteiger partial charge on any atom is 0.0264 e.